The van der Waals surface area contributed by atoms with Crippen LogP contribution in [0.25, 0.3) is 11.4 Å². The molecule has 1 heterocycles. The number of methoxy groups -OCH3 is 2. The number of ether oxygens (including phenoxy) is 2. The third kappa shape index (κ3) is 3.03. The van der Waals surface area contributed by atoms with E-state index in [0.717, 1.165) is 31.2 Å². The summed E-state index contributed by atoms with van der Waals surface area (Å²) in [6, 6.07) is 5.56. The van der Waals surface area contributed by atoms with Gasteiger partial charge in [0.25, 0.3) is 0 Å². The molecule has 0 amide bonds. The van der Waals surface area contributed by atoms with Gasteiger partial charge < -0.3 is 19.7 Å². The van der Waals surface area contributed by atoms with E-state index in [1.807, 2.05) is 18.2 Å². The molecule has 2 atom stereocenters. The molecule has 124 valence electrons. The van der Waals surface area contributed by atoms with Crippen LogP contribution in [0.2, 0.25) is 0 Å². The smallest absolute Gasteiger partial charge is 0.231 e. The van der Waals surface area contributed by atoms with E-state index in [1.54, 1.807) is 14.2 Å². The van der Waals surface area contributed by atoms with Gasteiger partial charge in [0.2, 0.25) is 11.7 Å². The summed E-state index contributed by atoms with van der Waals surface area (Å²) in [4.78, 5) is 4.58. The summed E-state index contributed by atoms with van der Waals surface area (Å²) in [7, 11) is 3.21. The second kappa shape index (κ2) is 6.20. The fraction of sp³-hybridized carbons (Fsp3) is 0.529. The van der Waals surface area contributed by atoms with Crippen molar-refractivity contribution in [3.8, 4) is 22.9 Å². The Kier molecular flexibility index (Phi) is 4.26. The number of nitrogens with zero attached hydrogens (tertiary/aromatic N) is 2. The first-order valence-electron chi connectivity index (χ1n) is 7.90. The van der Waals surface area contributed by atoms with Crippen molar-refractivity contribution in [2.45, 2.75) is 44.1 Å². The van der Waals surface area contributed by atoms with Gasteiger partial charge in [-0.3, -0.25) is 0 Å². The third-order valence-electron chi connectivity index (χ3n) is 4.64. The highest BCUT2D eigenvalue weighted by Crippen LogP contribution is 2.39. The number of nitrogens with two attached hydrogens (primary N) is 1. The van der Waals surface area contributed by atoms with Crippen LogP contribution in [-0.4, -0.2) is 29.9 Å². The summed E-state index contributed by atoms with van der Waals surface area (Å²) < 4.78 is 16.1. The molecule has 2 aromatic rings. The molecule has 6 heteroatoms. The van der Waals surface area contributed by atoms with Gasteiger partial charge >= 0.3 is 0 Å². The molecule has 1 saturated carbocycles. The monoisotopic (exact) mass is 317 g/mol. The SMILES string of the molecule is COc1ccc(-c2noc(C3CCCCC3(C)N)n2)cc1OC. The van der Waals surface area contributed by atoms with Gasteiger partial charge in [0.15, 0.2) is 11.5 Å². The minimum absolute atomic E-state index is 0.109. The molecule has 1 fully saturated rings. The first-order chi connectivity index (χ1) is 11.0. The fourth-order valence-corrected chi connectivity index (χ4v) is 3.23. The van der Waals surface area contributed by atoms with Crippen molar-refractivity contribution in [1.29, 1.82) is 0 Å². The Labute approximate surface area is 136 Å². The summed E-state index contributed by atoms with van der Waals surface area (Å²) >= 11 is 0. The zero-order valence-corrected chi connectivity index (χ0v) is 13.8. The van der Waals surface area contributed by atoms with Crippen molar-refractivity contribution >= 4 is 0 Å². The van der Waals surface area contributed by atoms with Gasteiger partial charge in [-0.15, -0.1) is 0 Å². The molecule has 1 aromatic heterocycles. The van der Waals surface area contributed by atoms with Crippen LogP contribution in [0.5, 0.6) is 11.5 Å². The van der Waals surface area contributed by atoms with E-state index in [2.05, 4.69) is 17.1 Å². The molecule has 1 aliphatic carbocycles. The molecule has 0 bridgehead atoms. The molecule has 6 nitrogen and oxygen atoms in total. The molecule has 0 spiro atoms. The summed E-state index contributed by atoms with van der Waals surface area (Å²) in [5, 5.41) is 4.12. The third-order valence-corrected chi connectivity index (χ3v) is 4.64. The highest BCUT2D eigenvalue weighted by Gasteiger charge is 2.37. The minimum Gasteiger partial charge on any atom is -0.493 e. The normalized spacial score (nSPS) is 24.4. The van der Waals surface area contributed by atoms with Gasteiger partial charge in [0, 0.05) is 11.1 Å². The van der Waals surface area contributed by atoms with E-state index in [4.69, 9.17) is 19.7 Å². The Morgan fingerprint density at radius 1 is 1.22 bits per heavy atom. The number of rotatable bonds is 4. The molecule has 3 rings (SSSR count). The topological polar surface area (TPSA) is 83.4 Å². The molecule has 1 aliphatic rings. The first kappa shape index (κ1) is 15.8. The van der Waals surface area contributed by atoms with Crippen molar-refractivity contribution < 1.29 is 14.0 Å². The Morgan fingerprint density at radius 2 is 2.00 bits per heavy atom. The van der Waals surface area contributed by atoms with E-state index in [9.17, 15) is 0 Å². The lowest BCUT2D eigenvalue weighted by atomic mass is 9.74. The van der Waals surface area contributed by atoms with Crippen LogP contribution in [-0.2, 0) is 0 Å². The molecule has 1 aromatic carbocycles. The molecular weight excluding hydrogens is 294 g/mol. The molecule has 0 radical (unpaired) electrons. The molecule has 0 aliphatic heterocycles. The van der Waals surface area contributed by atoms with Gasteiger partial charge in [0.1, 0.15) is 0 Å². The second-order valence-electron chi connectivity index (χ2n) is 6.33. The number of benzene rings is 1. The Hall–Kier alpha value is -2.08. The summed E-state index contributed by atoms with van der Waals surface area (Å²) in [5.74, 6) is 2.58. The maximum atomic E-state index is 6.42. The van der Waals surface area contributed by atoms with E-state index >= 15 is 0 Å². The number of hydrogen-bond donors (Lipinski definition) is 1. The highest BCUT2D eigenvalue weighted by atomic mass is 16.5. The predicted molar refractivity (Wildman–Crippen MR) is 86.6 cm³/mol. The molecule has 23 heavy (non-hydrogen) atoms. The van der Waals surface area contributed by atoms with Crippen LogP contribution in [0.1, 0.15) is 44.4 Å². The lowest BCUT2D eigenvalue weighted by molar-refractivity contribution is 0.223. The van der Waals surface area contributed by atoms with Gasteiger partial charge in [-0.2, -0.15) is 4.98 Å². The van der Waals surface area contributed by atoms with Crippen LogP contribution in [0.3, 0.4) is 0 Å². The zero-order valence-electron chi connectivity index (χ0n) is 13.8. The van der Waals surface area contributed by atoms with E-state index in [-0.39, 0.29) is 11.5 Å². The lowest BCUT2D eigenvalue weighted by Crippen LogP contribution is -2.44. The summed E-state index contributed by atoms with van der Waals surface area (Å²) in [5.41, 5.74) is 6.96. The minimum atomic E-state index is -0.292. The van der Waals surface area contributed by atoms with Gasteiger partial charge in [0.05, 0.1) is 20.1 Å². The zero-order chi connectivity index (χ0) is 16.4. The fourth-order valence-electron chi connectivity index (χ4n) is 3.23. The Bertz CT molecular complexity index is 681. The molecular formula is C17H23N3O3. The van der Waals surface area contributed by atoms with Gasteiger partial charge in [-0.05, 0) is 38.0 Å². The van der Waals surface area contributed by atoms with Crippen LogP contribution in [0.15, 0.2) is 22.7 Å². The average Bonchev–Trinajstić information content (AvgIpc) is 3.03. The Morgan fingerprint density at radius 3 is 2.70 bits per heavy atom. The van der Waals surface area contributed by atoms with Gasteiger partial charge in [-0.25, -0.2) is 0 Å². The van der Waals surface area contributed by atoms with Crippen molar-refractivity contribution in [3.05, 3.63) is 24.1 Å². The van der Waals surface area contributed by atoms with E-state index in [1.165, 1.54) is 0 Å². The van der Waals surface area contributed by atoms with Crippen molar-refractivity contribution in [2.75, 3.05) is 14.2 Å². The maximum absolute atomic E-state index is 6.42. The van der Waals surface area contributed by atoms with Crippen LogP contribution in [0, 0.1) is 0 Å². The molecule has 2 unspecified atom stereocenters. The largest absolute Gasteiger partial charge is 0.493 e. The average molecular weight is 317 g/mol. The van der Waals surface area contributed by atoms with Gasteiger partial charge in [-0.1, -0.05) is 18.0 Å². The highest BCUT2D eigenvalue weighted by molar-refractivity contribution is 5.60. The molecule has 2 N–H and O–H groups in total. The predicted octanol–water partition coefficient (Wildman–Crippen LogP) is 3.13. The van der Waals surface area contributed by atoms with E-state index in [0.29, 0.717) is 23.2 Å². The van der Waals surface area contributed by atoms with Crippen molar-refractivity contribution in [3.63, 3.8) is 0 Å². The van der Waals surface area contributed by atoms with Crippen molar-refractivity contribution in [1.82, 2.24) is 10.1 Å². The van der Waals surface area contributed by atoms with Crippen LogP contribution >= 0.6 is 0 Å². The standard InChI is InChI=1S/C17H23N3O3/c1-17(18)9-5-4-6-12(17)16-19-15(20-23-16)11-7-8-13(21-2)14(10-11)22-3/h7-8,10,12H,4-6,9,18H2,1-3H3. The summed E-state index contributed by atoms with van der Waals surface area (Å²) in [6.45, 7) is 2.07. The quantitative estimate of drug-likeness (QED) is 0.932. The van der Waals surface area contributed by atoms with Crippen LogP contribution in [0.4, 0.5) is 0 Å². The van der Waals surface area contributed by atoms with E-state index < -0.39 is 0 Å². The first-order valence-corrected chi connectivity index (χ1v) is 7.90. The second-order valence-corrected chi connectivity index (χ2v) is 6.33. The Balaban J connectivity index is 1.90. The number of hydrogen-bond acceptors (Lipinski definition) is 6. The lowest BCUT2D eigenvalue weighted by Gasteiger charge is -2.35. The summed E-state index contributed by atoms with van der Waals surface area (Å²) in [6.07, 6.45) is 4.26. The maximum Gasteiger partial charge on any atom is 0.231 e. The molecule has 0 saturated heterocycles. The van der Waals surface area contributed by atoms with Crippen molar-refractivity contribution in [2.24, 2.45) is 5.73 Å². The number of aromatic nitrogens is 2. The van der Waals surface area contributed by atoms with Crippen LogP contribution < -0.4 is 15.2 Å².